The number of amides is 2. The lowest BCUT2D eigenvalue weighted by Gasteiger charge is -2.17. The molecule has 0 saturated heterocycles. The molecule has 0 aromatic heterocycles. The van der Waals surface area contributed by atoms with Gasteiger partial charge in [0, 0.05) is 12.6 Å². The van der Waals surface area contributed by atoms with Crippen LogP contribution >= 0.6 is 11.6 Å². The number of likely N-dealkylation sites (N-methyl/N-ethyl adjacent to an activating group) is 1. The Kier molecular flexibility index (Phi) is 6.81. The van der Waals surface area contributed by atoms with Crippen LogP contribution in [0.5, 0.6) is 0 Å². The summed E-state index contributed by atoms with van der Waals surface area (Å²) in [7, 11) is 1.47. The molecule has 0 heterocycles. The number of hydrogen-bond donors (Lipinski definition) is 3. The first-order valence-corrected chi connectivity index (χ1v) is 8.36. The van der Waals surface area contributed by atoms with Crippen molar-refractivity contribution in [3.8, 4) is 0 Å². The molecule has 2 aromatic rings. The predicted octanol–water partition coefficient (Wildman–Crippen LogP) is 2.35. The molecule has 0 bridgehead atoms. The van der Waals surface area contributed by atoms with Crippen LogP contribution in [0.2, 0.25) is 5.02 Å². The van der Waals surface area contributed by atoms with E-state index >= 15 is 0 Å². The summed E-state index contributed by atoms with van der Waals surface area (Å²) in [4.78, 5) is 24.2. The van der Waals surface area contributed by atoms with Gasteiger partial charge in [0.1, 0.15) is 0 Å². The van der Waals surface area contributed by atoms with Crippen molar-refractivity contribution in [1.29, 1.82) is 0 Å². The van der Waals surface area contributed by atoms with Crippen LogP contribution in [-0.4, -0.2) is 25.4 Å². The third-order valence-electron chi connectivity index (χ3n) is 3.81. The number of carbonyl (C=O) groups excluding carboxylic acids is 2. The van der Waals surface area contributed by atoms with Gasteiger partial charge in [-0.25, -0.2) is 0 Å². The Morgan fingerprint density at radius 1 is 1.15 bits per heavy atom. The summed E-state index contributed by atoms with van der Waals surface area (Å²) < 4.78 is 38.7. The van der Waals surface area contributed by atoms with Gasteiger partial charge in [0.05, 0.1) is 16.3 Å². The van der Waals surface area contributed by atoms with E-state index in [1.165, 1.54) is 12.4 Å². The van der Waals surface area contributed by atoms with Gasteiger partial charge in [-0.05, 0) is 18.2 Å². The number of benzene rings is 2. The molecule has 0 fully saturated rings. The van der Waals surface area contributed by atoms with Crippen LogP contribution in [0.25, 0.3) is 0 Å². The molecular weight excluding hydrogens is 383 g/mol. The number of hydrogen-bond acceptors (Lipinski definition) is 2. The van der Waals surface area contributed by atoms with E-state index in [9.17, 15) is 22.8 Å². The minimum atomic E-state index is -4.56. The number of anilines is 1. The summed E-state index contributed by atoms with van der Waals surface area (Å²) in [5.74, 6) is -0.882. The van der Waals surface area contributed by atoms with Crippen LogP contribution in [-0.2, 0) is 15.8 Å². The zero-order chi connectivity index (χ0) is 20.0. The highest BCUT2D eigenvalue weighted by Gasteiger charge is 2.32. The number of quaternary nitrogens is 1. The Morgan fingerprint density at radius 2 is 1.81 bits per heavy atom. The normalized spacial score (nSPS) is 12.3. The second-order valence-electron chi connectivity index (χ2n) is 5.68. The van der Waals surface area contributed by atoms with E-state index in [0.717, 1.165) is 18.2 Å². The van der Waals surface area contributed by atoms with Crippen LogP contribution in [0.15, 0.2) is 48.5 Å². The number of nitrogens with two attached hydrogens (primary N) is 1. The van der Waals surface area contributed by atoms with Crippen molar-refractivity contribution < 1.29 is 28.1 Å². The van der Waals surface area contributed by atoms with Crippen molar-refractivity contribution in [1.82, 2.24) is 5.32 Å². The Bertz CT molecular complexity index is 813. The van der Waals surface area contributed by atoms with Crippen molar-refractivity contribution in [2.45, 2.75) is 12.2 Å². The molecule has 4 N–H and O–H groups in total. The fourth-order valence-electron chi connectivity index (χ4n) is 2.39. The second-order valence-corrected chi connectivity index (χ2v) is 6.09. The maximum atomic E-state index is 12.9. The fourth-order valence-corrected chi connectivity index (χ4v) is 2.55. The first-order valence-electron chi connectivity index (χ1n) is 7.99. The van der Waals surface area contributed by atoms with Gasteiger partial charge in [-0.15, -0.1) is 0 Å². The smallest absolute Gasteiger partial charge is 0.354 e. The fraction of sp³-hybridized carbons (Fsp3) is 0.222. The molecule has 5 nitrogen and oxygen atoms in total. The summed E-state index contributed by atoms with van der Waals surface area (Å²) in [5.41, 5.74) is -0.472. The number of carbonyl (C=O) groups is 2. The summed E-state index contributed by atoms with van der Waals surface area (Å²) in [6.07, 6.45) is -4.56. The van der Waals surface area contributed by atoms with E-state index in [4.69, 9.17) is 11.6 Å². The van der Waals surface area contributed by atoms with Gasteiger partial charge in [0.25, 0.3) is 11.8 Å². The zero-order valence-corrected chi connectivity index (χ0v) is 15.1. The highest BCUT2D eigenvalue weighted by molar-refractivity contribution is 6.33. The third-order valence-corrected chi connectivity index (χ3v) is 4.14. The van der Waals surface area contributed by atoms with Gasteiger partial charge in [-0.2, -0.15) is 13.2 Å². The summed E-state index contributed by atoms with van der Waals surface area (Å²) in [6.45, 7) is -0.0280. The Balaban J connectivity index is 2.26. The van der Waals surface area contributed by atoms with Crippen molar-refractivity contribution in [2.24, 2.45) is 0 Å². The van der Waals surface area contributed by atoms with Crippen LogP contribution in [0.1, 0.15) is 17.2 Å². The predicted molar refractivity (Wildman–Crippen MR) is 95.1 cm³/mol. The molecule has 0 aliphatic rings. The molecule has 0 radical (unpaired) electrons. The van der Waals surface area contributed by atoms with Crippen LogP contribution < -0.4 is 16.0 Å². The van der Waals surface area contributed by atoms with Crippen molar-refractivity contribution >= 4 is 29.1 Å². The van der Waals surface area contributed by atoms with Gasteiger partial charge in [0.15, 0.2) is 12.6 Å². The summed E-state index contributed by atoms with van der Waals surface area (Å²) in [5, 5.41) is 6.35. The Morgan fingerprint density at radius 3 is 2.41 bits per heavy atom. The van der Waals surface area contributed by atoms with E-state index < -0.39 is 23.7 Å². The summed E-state index contributed by atoms with van der Waals surface area (Å²) in [6, 6.07) is 10.4. The standard InChI is InChI=1S/C18H17ClF3N3O2/c1-23-15(26)10-24-16(11-5-3-2-4-6-11)17(27)25-14-9-12(18(20,21)22)7-8-13(14)19/h2-9,16,24H,10H2,1H3,(H,23,26)(H,25,27)/p+1/t16-/m1/s1. The monoisotopic (exact) mass is 400 g/mol. The van der Waals surface area contributed by atoms with Crippen molar-refractivity contribution in [3.63, 3.8) is 0 Å². The first-order chi connectivity index (χ1) is 12.7. The van der Waals surface area contributed by atoms with Crippen molar-refractivity contribution in [3.05, 3.63) is 64.7 Å². The number of halogens is 4. The van der Waals surface area contributed by atoms with Crippen molar-refractivity contribution in [2.75, 3.05) is 18.9 Å². The van der Waals surface area contributed by atoms with E-state index in [2.05, 4.69) is 10.6 Å². The highest BCUT2D eigenvalue weighted by atomic mass is 35.5. The summed E-state index contributed by atoms with van der Waals surface area (Å²) >= 11 is 5.93. The lowest BCUT2D eigenvalue weighted by Crippen LogP contribution is -2.89. The van der Waals surface area contributed by atoms with Gasteiger partial charge in [-0.3, -0.25) is 9.59 Å². The maximum absolute atomic E-state index is 12.9. The van der Waals surface area contributed by atoms with E-state index in [-0.39, 0.29) is 23.2 Å². The molecule has 0 saturated carbocycles. The average molecular weight is 401 g/mol. The van der Waals surface area contributed by atoms with Gasteiger partial charge in [0.2, 0.25) is 0 Å². The Hall–Kier alpha value is -2.58. The molecule has 9 heteroatoms. The third kappa shape index (κ3) is 5.70. The second kappa shape index (κ2) is 8.88. The SMILES string of the molecule is CNC(=O)C[NH2+][C@@H](C(=O)Nc1cc(C(F)(F)F)ccc1Cl)c1ccccc1. The van der Waals surface area contributed by atoms with E-state index in [1.54, 1.807) is 30.3 Å². The van der Waals surface area contributed by atoms with E-state index in [1.807, 2.05) is 0 Å². The molecule has 0 spiro atoms. The quantitative estimate of drug-likeness (QED) is 0.696. The molecular formula is C18H18ClF3N3O2+. The number of rotatable bonds is 6. The molecule has 2 aromatic carbocycles. The van der Waals surface area contributed by atoms with Crippen LogP contribution in [0, 0.1) is 0 Å². The lowest BCUT2D eigenvalue weighted by atomic mass is 10.1. The molecule has 0 aliphatic carbocycles. The molecule has 27 heavy (non-hydrogen) atoms. The molecule has 144 valence electrons. The highest BCUT2D eigenvalue weighted by Crippen LogP contribution is 2.34. The lowest BCUT2D eigenvalue weighted by molar-refractivity contribution is -0.672. The molecule has 2 amide bonds. The minimum Gasteiger partial charge on any atom is -0.354 e. The van der Waals surface area contributed by atoms with Gasteiger partial charge < -0.3 is 16.0 Å². The number of nitrogens with one attached hydrogen (secondary N) is 2. The zero-order valence-electron chi connectivity index (χ0n) is 14.3. The minimum absolute atomic E-state index is 0.0190. The maximum Gasteiger partial charge on any atom is 0.416 e. The molecule has 1 atom stereocenters. The van der Waals surface area contributed by atoms with E-state index in [0.29, 0.717) is 5.56 Å². The van der Waals surface area contributed by atoms with Crippen LogP contribution in [0.4, 0.5) is 18.9 Å². The first kappa shape index (κ1) is 20.7. The average Bonchev–Trinajstić information content (AvgIpc) is 2.63. The Labute approximate surface area is 158 Å². The van der Waals surface area contributed by atoms with Gasteiger partial charge >= 0.3 is 6.18 Å². The van der Waals surface area contributed by atoms with Gasteiger partial charge in [-0.1, -0.05) is 41.9 Å². The molecule has 2 rings (SSSR count). The molecule has 0 aliphatic heterocycles. The largest absolute Gasteiger partial charge is 0.416 e. The topological polar surface area (TPSA) is 74.8 Å². The molecule has 0 unspecified atom stereocenters. The number of alkyl halides is 3. The van der Waals surface area contributed by atoms with Crippen LogP contribution in [0.3, 0.4) is 0 Å².